The summed E-state index contributed by atoms with van der Waals surface area (Å²) in [6, 6.07) is 1.95. The van der Waals surface area contributed by atoms with Crippen molar-refractivity contribution in [3.8, 4) is 0 Å². The zero-order chi connectivity index (χ0) is 18.0. The van der Waals surface area contributed by atoms with Crippen molar-refractivity contribution >= 4 is 15.6 Å². The Morgan fingerprint density at radius 1 is 1.16 bits per heavy atom. The molecule has 0 radical (unpaired) electrons. The molecule has 2 aliphatic heterocycles. The third-order valence-electron chi connectivity index (χ3n) is 5.83. The molecule has 2 aliphatic rings. The number of sulfone groups is 1. The van der Waals surface area contributed by atoms with Crippen molar-refractivity contribution in [2.24, 2.45) is 0 Å². The first-order chi connectivity index (χ1) is 11.9. The summed E-state index contributed by atoms with van der Waals surface area (Å²) in [6.45, 7) is 6.69. The Balaban J connectivity index is 1.74. The van der Waals surface area contributed by atoms with Gasteiger partial charge in [0.15, 0.2) is 9.84 Å². The number of likely N-dealkylation sites (tertiary alicyclic amines) is 1. The lowest BCUT2D eigenvalue weighted by Gasteiger charge is -2.21. The number of nitrogens with one attached hydrogen (secondary N) is 1. The first kappa shape index (κ1) is 18.6. The van der Waals surface area contributed by atoms with Crippen molar-refractivity contribution in [3.63, 3.8) is 0 Å². The fraction of sp³-hybridized carbons (Fsp3) is 0.737. The Morgan fingerprint density at radius 3 is 2.40 bits per heavy atom. The van der Waals surface area contributed by atoms with Crippen LogP contribution in [0.25, 0.3) is 0 Å². The number of nitrogens with zero attached hydrogens (tertiary/aromatic N) is 1. The van der Waals surface area contributed by atoms with Crippen LogP contribution in [0, 0.1) is 13.8 Å². The Hall–Kier alpha value is -1.14. The first-order valence-corrected chi connectivity index (χ1v) is 11.4. The standard InChI is InChI=1S/C19H30N2O3S/c1-15-12-18(16(2)21(15)17-8-11-25(23,24)14-17)19(22)13-20-9-6-4-3-5-7-10-20/h12,17H,3-11,13-14H2,1-2H3/p+1/t17-/m1/s1. The van der Waals surface area contributed by atoms with E-state index in [1.54, 1.807) is 0 Å². The fourth-order valence-electron chi connectivity index (χ4n) is 4.50. The van der Waals surface area contributed by atoms with Crippen LogP contribution in [-0.2, 0) is 9.84 Å². The van der Waals surface area contributed by atoms with Gasteiger partial charge in [0.05, 0.1) is 24.6 Å². The summed E-state index contributed by atoms with van der Waals surface area (Å²) in [6.07, 6.45) is 6.96. The molecule has 2 saturated heterocycles. The lowest BCUT2D eigenvalue weighted by molar-refractivity contribution is -0.892. The van der Waals surface area contributed by atoms with Gasteiger partial charge < -0.3 is 9.47 Å². The molecule has 3 heterocycles. The molecule has 1 N–H and O–H groups in total. The lowest BCUT2D eigenvalue weighted by atomic mass is 10.1. The number of Topliss-reactive ketones (excluding diaryl/α,β-unsaturated/α-hetero) is 1. The number of quaternary nitrogens is 1. The van der Waals surface area contributed by atoms with Crippen LogP contribution in [0.4, 0.5) is 0 Å². The van der Waals surface area contributed by atoms with Crippen molar-refractivity contribution in [1.29, 1.82) is 0 Å². The van der Waals surface area contributed by atoms with E-state index < -0.39 is 9.84 Å². The van der Waals surface area contributed by atoms with Gasteiger partial charge in [0.2, 0.25) is 5.78 Å². The number of aromatic nitrogens is 1. The molecular formula is C19H31N2O3S+. The average Bonchev–Trinajstić information content (AvgIpc) is 3.00. The maximum atomic E-state index is 12.9. The van der Waals surface area contributed by atoms with Crippen LogP contribution < -0.4 is 4.90 Å². The van der Waals surface area contributed by atoms with Gasteiger partial charge in [-0.15, -0.1) is 0 Å². The molecule has 0 amide bonds. The van der Waals surface area contributed by atoms with E-state index in [1.807, 2.05) is 19.9 Å². The van der Waals surface area contributed by atoms with E-state index in [2.05, 4.69) is 4.57 Å². The summed E-state index contributed by atoms with van der Waals surface area (Å²) in [4.78, 5) is 14.3. The second-order valence-corrected chi connectivity index (χ2v) is 10.1. The number of aryl methyl sites for hydroxylation is 1. The average molecular weight is 368 g/mol. The molecule has 5 nitrogen and oxygen atoms in total. The number of hydrogen-bond acceptors (Lipinski definition) is 3. The fourth-order valence-corrected chi connectivity index (χ4v) is 6.20. The van der Waals surface area contributed by atoms with Crippen LogP contribution >= 0.6 is 0 Å². The van der Waals surface area contributed by atoms with E-state index in [9.17, 15) is 13.2 Å². The molecule has 0 bridgehead atoms. The van der Waals surface area contributed by atoms with Crippen molar-refractivity contribution in [3.05, 3.63) is 23.0 Å². The topological polar surface area (TPSA) is 60.6 Å². The second-order valence-electron chi connectivity index (χ2n) is 7.83. The predicted molar refractivity (Wildman–Crippen MR) is 99.2 cm³/mol. The van der Waals surface area contributed by atoms with E-state index in [1.165, 1.54) is 37.0 Å². The maximum Gasteiger partial charge on any atom is 0.218 e. The minimum absolute atomic E-state index is 0.0133. The summed E-state index contributed by atoms with van der Waals surface area (Å²) in [5, 5.41) is 0. The van der Waals surface area contributed by atoms with Crippen LogP contribution in [0.1, 0.15) is 66.3 Å². The largest absolute Gasteiger partial charge is 0.344 e. The van der Waals surface area contributed by atoms with Crippen LogP contribution in [0.3, 0.4) is 0 Å². The zero-order valence-corrected chi connectivity index (χ0v) is 16.3. The number of carbonyl (C=O) groups excluding carboxylic acids is 1. The molecule has 140 valence electrons. The number of ketones is 1. The highest BCUT2D eigenvalue weighted by molar-refractivity contribution is 7.91. The smallest absolute Gasteiger partial charge is 0.218 e. The number of rotatable bonds is 4. The highest BCUT2D eigenvalue weighted by Gasteiger charge is 2.32. The van der Waals surface area contributed by atoms with E-state index >= 15 is 0 Å². The van der Waals surface area contributed by atoms with Crippen LogP contribution in [0.15, 0.2) is 6.07 Å². The highest BCUT2D eigenvalue weighted by Crippen LogP contribution is 2.29. The van der Waals surface area contributed by atoms with Crippen molar-refractivity contribution in [2.75, 3.05) is 31.1 Å². The summed E-state index contributed by atoms with van der Waals surface area (Å²) in [5.41, 5.74) is 2.73. The number of carbonyl (C=O) groups is 1. The van der Waals surface area contributed by atoms with Gasteiger partial charge in [-0.05, 0) is 52.0 Å². The van der Waals surface area contributed by atoms with E-state index in [-0.39, 0.29) is 23.3 Å². The molecule has 1 atom stereocenters. The predicted octanol–water partition coefficient (Wildman–Crippen LogP) is 1.50. The van der Waals surface area contributed by atoms with Gasteiger partial charge in [-0.2, -0.15) is 0 Å². The van der Waals surface area contributed by atoms with Crippen molar-refractivity contribution in [1.82, 2.24) is 4.57 Å². The molecular weight excluding hydrogens is 336 g/mol. The van der Waals surface area contributed by atoms with Crippen LogP contribution in [0.2, 0.25) is 0 Å². The van der Waals surface area contributed by atoms with Crippen molar-refractivity contribution in [2.45, 2.75) is 58.4 Å². The SMILES string of the molecule is Cc1cc(C(=O)C[NH+]2CCCCCCC2)c(C)n1[C@@H]1CCS(=O)(=O)C1. The van der Waals surface area contributed by atoms with Gasteiger partial charge in [0.1, 0.15) is 6.54 Å². The molecule has 0 aromatic carbocycles. The molecule has 25 heavy (non-hydrogen) atoms. The first-order valence-electron chi connectivity index (χ1n) is 9.63. The van der Waals surface area contributed by atoms with Gasteiger partial charge in [-0.25, -0.2) is 8.42 Å². The summed E-state index contributed by atoms with van der Waals surface area (Å²) in [5.74, 6) is 0.667. The van der Waals surface area contributed by atoms with Crippen LogP contribution in [0.5, 0.6) is 0 Å². The van der Waals surface area contributed by atoms with E-state index in [0.29, 0.717) is 13.0 Å². The summed E-state index contributed by atoms with van der Waals surface area (Å²) in [7, 11) is -2.93. The quantitative estimate of drug-likeness (QED) is 0.821. The van der Waals surface area contributed by atoms with Gasteiger partial charge >= 0.3 is 0 Å². The molecule has 1 aromatic rings. The molecule has 2 fully saturated rings. The van der Waals surface area contributed by atoms with Crippen molar-refractivity contribution < 1.29 is 18.1 Å². The monoisotopic (exact) mass is 367 g/mol. The minimum Gasteiger partial charge on any atom is -0.344 e. The van der Waals surface area contributed by atoms with Crippen LogP contribution in [-0.4, -0.2) is 49.9 Å². The van der Waals surface area contributed by atoms with Gasteiger partial charge in [0.25, 0.3) is 0 Å². The normalized spacial score (nSPS) is 24.8. The third kappa shape index (κ3) is 4.34. The molecule has 0 aliphatic carbocycles. The van der Waals surface area contributed by atoms with E-state index in [0.717, 1.165) is 30.0 Å². The van der Waals surface area contributed by atoms with Gasteiger partial charge in [-0.1, -0.05) is 6.42 Å². The highest BCUT2D eigenvalue weighted by atomic mass is 32.2. The molecule has 0 spiro atoms. The molecule has 1 aromatic heterocycles. The Morgan fingerprint density at radius 2 is 1.80 bits per heavy atom. The molecule has 3 rings (SSSR count). The Kier molecular flexibility index (Phi) is 5.68. The molecule has 0 unspecified atom stereocenters. The molecule has 6 heteroatoms. The second kappa shape index (κ2) is 7.62. The number of hydrogen-bond donors (Lipinski definition) is 1. The maximum absolute atomic E-state index is 12.9. The Bertz CT molecular complexity index is 728. The summed E-state index contributed by atoms with van der Waals surface area (Å²) < 4.78 is 25.7. The van der Waals surface area contributed by atoms with Gasteiger partial charge in [-0.3, -0.25) is 4.79 Å². The minimum atomic E-state index is -2.93. The lowest BCUT2D eigenvalue weighted by Crippen LogP contribution is -3.13. The zero-order valence-electron chi connectivity index (χ0n) is 15.5. The Labute approximate surface area is 151 Å². The van der Waals surface area contributed by atoms with E-state index in [4.69, 9.17) is 0 Å². The molecule has 0 saturated carbocycles. The van der Waals surface area contributed by atoms with Gasteiger partial charge in [0, 0.05) is 23.0 Å². The summed E-state index contributed by atoms with van der Waals surface area (Å²) >= 11 is 0. The third-order valence-corrected chi connectivity index (χ3v) is 7.58.